The van der Waals surface area contributed by atoms with Gasteiger partial charge in [-0.2, -0.15) is 4.98 Å². The van der Waals surface area contributed by atoms with Crippen LogP contribution in [0.1, 0.15) is 72.7 Å². The Bertz CT molecular complexity index is 757. The van der Waals surface area contributed by atoms with Gasteiger partial charge in [0.2, 0.25) is 0 Å². The summed E-state index contributed by atoms with van der Waals surface area (Å²) in [6.07, 6.45) is 2.85. The molecule has 1 unspecified atom stereocenters. The summed E-state index contributed by atoms with van der Waals surface area (Å²) in [5.41, 5.74) is 1.92. The van der Waals surface area contributed by atoms with Gasteiger partial charge in [-0.15, -0.1) is 0 Å². The zero-order valence-electron chi connectivity index (χ0n) is 16.9. The monoisotopic (exact) mass is 387 g/mol. The summed E-state index contributed by atoms with van der Waals surface area (Å²) in [7, 11) is 1.62. The zero-order chi connectivity index (χ0) is 19.9. The van der Waals surface area contributed by atoms with Crippen molar-refractivity contribution in [2.24, 2.45) is 0 Å². The maximum Gasteiger partial charge on any atom is 0.254 e. The van der Waals surface area contributed by atoms with Crippen molar-refractivity contribution in [2.45, 2.75) is 51.7 Å². The van der Waals surface area contributed by atoms with Crippen LogP contribution >= 0.6 is 0 Å². The topological polar surface area (TPSA) is 77.7 Å². The fourth-order valence-corrected chi connectivity index (χ4v) is 3.38. The quantitative estimate of drug-likeness (QED) is 0.643. The molecule has 152 valence electrons. The Morgan fingerprint density at radius 1 is 1.25 bits per heavy atom. The van der Waals surface area contributed by atoms with Crippen LogP contribution in [0.3, 0.4) is 0 Å². The average Bonchev–Trinajstić information content (AvgIpc) is 3.19. The lowest BCUT2D eigenvalue weighted by Crippen LogP contribution is -2.39. The molecule has 28 heavy (non-hydrogen) atoms. The number of aromatic nitrogens is 2. The highest BCUT2D eigenvalue weighted by molar-refractivity contribution is 5.94. The molecule has 0 spiro atoms. The van der Waals surface area contributed by atoms with E-state index in [1.165, 1.54) is 5.56 Å². The molecule has 1 aromatic carbocycles. The van der Waals surface area contributed by atoms with Gasteiger partial charge in [0.15, 0.2) is 5.82 Å². The second-order valence-electron chi connectivity index (χ2n) is 7.38. The normalized spacial score (nSPS) is 17.3. The van der Waals surface area contributed by atoms with Crippen molar-refractivity contribution in [3.8, 4) is 0 Å². The van der Waals surface area contributed by atoms with Crippen molar-refractivity contribution in [3.63, 3.8) is 0 Å². The molecule has 2 heterocycles. The predicted octanol–water partition coefficient (Wildman–Crippen LogP) is 3.72. The Morgan fingerprint density at radius 2 is 2.04 bits per heavy atom. The number of methoxy groups -OCH3 is 1. The van der Waals surface area contributed by atoms with Gasteiger partial charge in [-0.25, -0.2) is 0 Å². The number of carbonyl (C=O) groups excluding carboxylic acids is 1. The van der Waals surface area contributed by atoms with Crippen molar-refractivity contribution in [2.75, 3.05) is 26.9 Å². The maximum absolute atomic E-state index is 13.1. The van der Waals surface area contributed by atoms with Gasteiger partial charge in [0.25, 0.3) is 11.8 Å². The average molecular weight is 387 g/mol. The van der Waals surface area contributed by atoms with Crippen LogP contribution in [0.2, 0.25) is 0 Å². The molecule has 0 bridgehead atoms. The molecule has 1 aliphatic rings. The Balaban J connectivity index is 1.70. The van der Waals surface area contributed by atoms with Crippen LogP contribution < -0.4 is 0 Å². The minimum absolute atomic E-state index is 0.0164. The predicted molar refractivity (Wildman–Crippen MR) is 104 cm³/mol. The highest BCUT2D eigenvalue weighted by Gasteiger charge is 2.32. The summed E-state index contributed by atoms with van der Waals surface area (Å²) in [6.45, 7) is 6.21. The highest BCUT2D eigenvalue weighted by Crippen LogP contribution is 2.31. The zero-order valence-corrected chi connectivity index (χ0v) is 16.9. The Morgan fingerprint density at radius 3 is 2.75 bits per heavy atom. The van der Waals surface area contributed by atoms with E-state index in [-0.39, 0.29) is 18.6 Å². The van der Waals surface area contributed by atoms with Gasteiger partial charge in [0, 0.05) is 19.2 Å². The lowest BCUT2D eigenvalue weighted by Gasteiger charge is -2.33. The number of carbonyl (C=O) groups is 1. The van der Waals surface area contributed by atoms with E-state index in [0.29, 0.717) is 43.0 Å². The Hall–Kier alpha value is -2.25. The lowest BCUT2D eigenvalue weighted by atomic mass is 9.98. The first-order chi connectivity index (χ1) is 13.6. The summed E-state index contributed by atoms with van der Waals surface area (Å²) in [4.78, 5) is 19.4. The number of piperidine rings is 1. The number of nitrogens with zero attached hydrogens (tertiary/aromatic N) is 3. The first kappa shape index (κ1) is 20.5. The van der Waals surface area contributed by atoms with Crippen molar-refractivity contribution in [3.05, 3.63) is 47.1 Å². The molecule has 1 aromatic heterocycles. The van der Waals surface area contributed by atoms with Crippen molar-refractivity contribution >= 4 is 5.91 Å². The van der Waals surface area contributed by atoms with E-state index >= 15 is 0 Å². The summed E-state index contributed by atoms with van der Waals surface area (Å²) in [5, 5.41) is 4.11. The molecule has 7 heteroatoms. The number of hydrogen-bond acceptors (Lipinski definition) is 6. The van der Waals surface area contributed by atoms with E-state index in [4.69, 9.17) is 14.0 Å². The summed E-state index contributed by atoms with van der Waals surface area (Å²) in [6, 6.07) is 7.72. The maximum atomic E-state index is 13.1. The van der Waals surface area contributed by atoms with Crippen molar-refractivity contribution < 1.29 is 18.8 Å². The summed E-state index contributed by atoms with van der Waals surface area (Å²) in [5.74, 6) is 1.43. The highest BCUT2D eigenvalue weighted by atomic mass is 16.5. The molecule has 2 aromatic rings. The van der Waals surface area contributed by atoms with Crippen molar-refractivity contribution in [1.29, 1.82) is 0 Å². The number of benzene rings is 1. The molecular formula is C21H29N3O4. The van der Waals surface area contributed by atoms with Gasteiger partial charge in [-0.05, 0) is 42.9 Å². The molecule has 1 fully saturated rings. The van der Waals surface area contributed by atoms with E-state index in [1.54, 1.807) is 7.11 Å². The van der Waals surface area contributed by atoms with Gasteiger partial charge in [0.05, 0.1) is 19.3 Å². The molecule has 0 N–H and O–H groups in total. The standard InChI is InChI=1S/C21H29N3O4/c1-15(2)16-7-9-17(10-8-16)21(25)24-11-5-4-6-18(24)20-22-19(28-23-20)14-27-13-12-26-3/h7-10,15,18H,4-6,11-14H2,1-3H3. The third-order valence-electron chi connectivity index (χ3n) is 5.03. The van der Waals surface area contributed by atoms with Gasteiger partial charge in [-0.1, -0.05) is 31.1 Å². The number of likely N-dealkylation sites (tertiary alicyclic amines) is 1. The minimum Gasteiger partial charge on any atom is -0.382 e. The van der Waals surface area contributed by atoms with Crippen LogP contribution in [-0.2, 0) is 16.1 Å². The van der Waals surface area contributed by atoms with Gasteiger partial charge < -0.3 is 18.9 Å². The number of hydrogen-bond donors (Lipinski definition) is 0. The smallest absolute Gasteiger partial charge is 0.254 e. The summed E-state index contributed by atoms with van der Waals surface area (Å²) < 4.78 is 15.7. The number of ether oxygens (including phenoxy) is 2. The SMILES string of the molecule is COCCOCc1nc(C2CCCCN2C(=O)c2ccc(C(C)C)cc2)no1. The van der Waals surface area contributed by atoms with Gasteiger partial charge in [0.1, 0.15) is 6.61 Å². The van der Waals surface area contributed by atoms with Crippen LogP contribution in [0.4, 0.5) is 0 Å². The van der Waals surface area contributed by atoms with Crippen LogP contribution in [-0.4, -0.2) is 47.8 Å². The van der Waals surface area contributed by atoms with Crippen molar-refractivity contribution in [1.82, 2.24) is 15.0 Å². The molecule has 1 amide bonds. The molecule has 7 nitrogen and oxygen atoms in total. The first-order valence-electron chi connectivity index (χ1n) is 9.90. The van der Waals surface area contributed by atoms with E-state index in [2.05, 4.69) is 24.0 Å². The third kappa shape index (κ3) is 4.97. The van der Waals surface area contributed by atoms with E-state index in [0.717, 1.165) is 19.3 Å². The molecular weight excluding hydrogens is 358 g/mol. The van der Waals surface area contributed by atoms with Crippen LogP contribution in [0.5, 0.6) is 0 Å². The number of rotatable bonds is 8. The van der Waals surface area contributed by atoms with Gasteiger partial charge in [-0.3, -0.25) is 4.79 Å². The van der Waals surface area contributed by atoms with Crippen LogP contribution in [0, 0.1) is 0 Å². The minimum atomic E-state index is -0.164. The van der Waals surface area contributed by atoms with Crippen LogP contribution in [0.25, 0.3) is 0 Å². The van der Waals surface area contributed by atoms with Crippen LogP contribution in [0.15, 0.2) is 28.8 Å². The fourth-order valence-electron chi connectivity index (χ4n) is 3.38. The largest absolute Gasteiger partial charge is 0.382 e. The summed E-state index contributed by atoms with van der Waals surface area (Å²) >= 11 is 0. The lowest BCUT2D eigenvalue weighted by molar-refractivity contribution is 0.0494. The fraction of sp³-hybridized carbons (Fsp3) is 0.571. The van der Waals surface area contributed by atoms with Gasteiger partial charge >= 0.3 is 0 Å². The molecule has 0 aliphatic carbocycles. The second-order valence-corrected chi connectivity index (χ2v) is 7.38. The Labute approximate surface area is 166 Å². The molecule has 0 radical (unpaired) electrons. The van der Waals surface area contributed by atoms with E-state index < -0.39 is 0 Å². The molecule has 1 saturated heterocycles. The Kier molecular flexibility index (Phi) is 7.17. The molecule has 1 aliphatic heterocycles. The molecule has 3 rings (SSSR count). The molecule has 1 atom stereocenters. The van der Waals surface area contributed by atoms with E-state index in [9.17, 15) is 4.79 Å². The third-order valence-corrected chi connectivity index (χ3v) is 5.03. The second kappa shape index (κ2) is 9.80. The number of amides is 1. The molecule has 0 saturated carbocycles. The first-order valence-corrected chi connectivity index (χ1v) is 9.90. The van der Waals surface area contributed by atoms with E-state index in [1.807, 2.05) is 29.2 Å².